The molecule has 0 bridgehead atoms. The lowest BCUT2D eigenvalue weighted by molar-refractivity contribution is -0.145. The summed E-state index contributed by atoms with van der Waals surface area (Å²) >= 11 is 0. The van der Waals surface area contributed by atoms with E-state index in [2.05, 4.69) is 9.97 Å². The van der Waals surface area contributed by atoms with Crippen LogP contribution in [0.25, 0.3) is 0 Å². The van der Waals surface area contributed by atoms with Crippen LogP contribution in [0.4, 0.5) is 0 Å². The summed E-state index contributed by atoms with van der Waals surface area (Å²) in [5.74, 6) is -0.486. The van der Waals surface area contributed by atoms with Gasteiger partial charge in [0.1, 0.15) is 13.2 Å². The molecular formula is C11H17N3O4. The van der Waals surface area contributed by atoms with Crippen LogP contribution in [0, 0.1) is 0 Å². The lowest BCUT2D eigenvalue weighted by Crippen LogP contribution is -2.27. The molecule has 18 heavy (non-hydrogen) atoms. The molecule has 0 saturated heterocycles. The average Bonchev–Trinajstić information content (AvgIpc) is 2.80. The molecule has 1 rings (SSSR count). The number of nitrogens with one attached hydrogen (secondary N) is 1. The second-order valence-electron chi connectivity index (χ2n) is 3.81. The Kier molecular flexibility index (Phi) is 5.86. The molecule has 1 heterocycles. The molecule has 1 amide bonds. The Morgan fingerprint density at radius 3 is 2.78 bits per heavy atom. The number of rotatable bonds is 7. The van der Waals surface area contributed by atoms with Gasteiger partial charge in [-0.3, -0.25) is 9.59 Å². The summed E-state index contributed by atoms with van der Waals surface area (Å²) in [5, 5.41) is 0. The van der Waals surface area contributed by atoms with Crippen molar-refractivity contribution < 1.29 is 19.1 Å². The van der Waals surface area contributed by atoms with Gasteiger partial charge in [-0.1, -0.05) is 0 Å². The predicted molar refractivity (Wildman–Crippen MR) is 62.8 cm³/mol. The SMILES string of the molecule is CN(C)C(=O)COCCOC(=O)Cc1cnc[nH]1. The Morgan fingerprint density at radius 2 is 2.17 bits per heavy atom. The first-order valence-electron chi connectivity index (χ1n) is 5.50. The molecular weight excluding hydrogens is 238 g/mol. The smallest absolute Gasteiger partial charge is 0.311 e. The zero-order valence-corrected chi connectivity index (χ0v) is 10.5. The molecule has 1 aromatic rings. The maximum absolute atomic E-state index is 11.3. The quantitative estimate of drug-likeness (QED) is 0.529. The fourth-order valence-electron chi connectivity index (χ4n) is 1.09. The van der Waals surface area contributed by atoms with Crippen LogP contribution >= 0.6 is 0 Å². The Balaban J connectivity index is 2.04. The van der Waals surface area contributed by atoms with Crippen molar-refractivity contribution in [2.45, 2.75) is 6.42 Å². The van der Waals surface area contributed by atoms with Gasteiger partial charge < -0.3 is 19.4 Å². The third kappa shape index (κ3) is 5.44. The van der Waals surface area contributed by atoms with E-state index in [1.54, 1.807) is 20.3 Å². The first-order valence-corrected chi connectivity index (χ1v) is 5.50. The van der Waals surface area contributed by atoms with Gasteiger partial charge in [-0.2, -0.15) is 0 Å². The van der Waals surface area contributed by atoms with E-state index in [9.17, 15) is 9.59 Å². The molecule has 0 spiro atoms. The molecule has 1 aromatic heterocycles. The zero-order chi connectivity index (χ0) is 13.4. The maximum Gasteiger partial charge on any atom is 0.311 e. The van der Waals surface area contributed by atoms with Crippen LogP contribution in [0.3, 0.4) is 0 Å². The molecule has 7 heteroatoms. The van der Waals surface area contributed by atoms with Gasteiger partial charge >= 0.3 is 5.97 Å². The van der Waals surface area contributed by atoms with Crippen molar-refractivity contribution in [3.63, 3.8) is 0 Å². The van der Waals surface area contributed by atoms with Crippen LogP contribution in [-0.4, -0.2) is 60.7 Å². The highest BCUT2D eigenvalue weighted by Gasteiger charge is 2.06. The minimum atomic E-state index is -0.359. The number of nitrogens with zero attached hydrogens (tertiary/aromatic N) is 2. The van der Waals surface area contributed by atoms with E-state index in [1.165, 1.54) is 11.2 Å². The highest BCUT2D eigenvalue weighted by molar-refractivity contribution is 5.76. The molecule has 7 nitrogen and oxygen atoms in total. The zero-order valence-electron chi connectivity index (χ0n) is 10.5. The van der Waals surface area contributed by atoms with E-state index in [0.29, 0.717) is 5.69 Å². The summed E-state index contributed by atoms with van der Waals surface area (Å²) in [6.45, 7) is 0.326. The highest BCUT2D eigenvalue weighted by Crippen LogP contribution is 1.94. The Bertz CT molecular complexity index is 376. The van der Waals surface area contributed by atoms with E-state index in [0.717, 1.165) is 0 Å². The van der Waals surface area contributed by atoms with Gasteiger partial charge in [-0.05, 0) is 0 Å². The summed E-state index contributed by atoms with van der Waals surface area (Å²) in [6, 6.07) is 0. The fourth-order valence-corrected chi connectivity index (χ4v) is 1.09. The van der Waals surface area contributed by atoms with E-state index in [1.807, 2.05) is 0 Å². The number of carbonyl (C=O) groups is 2. The summed E-state index contributed by atoms with van der Waals surface area (Å²) in [4.78, 5) is 30.5. The summed E-state index contributed by atoms with van der Waals surface area (Å²) < 4.78 is 9.97. The lowest BCUT2D eigenvalue weighted by atomic mass is 10.3. The van der Waals surface area contributed by atoms with Crippen LogP contribution in [0.1, 0.15) is 5.69 Å². The molecule has 0 fully saturated rings. The third-order valence-corrected chi connectivity index (χ3v) is 2.10. The number of carbonyl (C=O) groups excluding carboxylic acids is 2. The first kappa shape index (κ1) is 14.2. The molecule has 0 atom stereocenters. The van der Waals surface area contributed by atoms with E-state index >= 15 is 0 Å². The van der Waals surface area contributed by atoms with Crippen molar-refractivity contribution in [2.75, 3.05) is 33.9 Å². The van der Waals surface area contributed by atoms with Crippen LogP contribution < -0.4 is 0 Å². The number of aromatic amines is 1. The largest absolute Gasteiger partial charge is 0.463 e. The minimum Gasteiger partial charge on any atom is -0.463 e. The number of esters is 1. The van der Waals surface area contributed by atoms with Crippen molar-refractivity contribution in [1.29, 1.82) is 0 Å². The third-order valence-electron chi connectivity index (χ3n) is 2.10. The van der Waals surface area contributed by atoms with Crippen LogP contribution in [0.5, 0.6) is 0 Å². The van der Waals surface area contributed by atoms with Crippen LogP contribution in [0.2, 0.25) is 0 Å². The van der Waals surface area contributed by atoms with E-state index in [-0.39, 0.29) is 38.1 Å². The average molecular weight is 255 g/mol. The first-order chi connectivity index (χ1) is 8.59. The minimum absolute atomic E-state index is 0.00883. The van der Waals surface area contributed by atoms with Gasteiger partial charge in [0, 0.05) is 26.0 Å². The van der Waals surface area contributed by atoms with Gasteiger partial charge in [0.15, 0.2) is 0 Å². The van der Waals surface area contributed by atoms with E-state index in [4.69, 9.17) is 9.47 Å². The number of hydrogen-bond donors (Lipinski definition) is 1. The standard InChI is InChI=1S/C11H17N3O4/c1-14(2)10(15)7-17-3-4-18-11(16)5-9-6-12-8-13-9/h6,8H,3-5,7H2,1-2H3,(H,12,13). The monoisotopic (exact) mass is 255 g/mol. The van der Waals surface area contributed by atoms with Gasteiger partial charge in [0.2, 0.25) is 5.91 Å². The van der Waals surface area contributed by atoms with Gasteiger partial charge in [-0.15, -0.1) is 0 Å². The molecule has 0 aromatic carbocycles. The maximum atomic E-state index is 11.3. The van der Waals surface area contributed by atoms with Crippen LogP contribution in [0.15, 0.2) is 12.5 Å². The molecule has 0 saturated carbocycles. The molecule has 0 aliphatic rings. The number of hydrogen-bond acceptors (Lipinski definition) is 5. The number of aromatic nitrogens is 2. The molecule has 100 valence electrons. The number of H-pyrrole nitrogens is 1. The second-order valence-corrected chi connectivity index (χ2v) is 3.81. The van der Waals surface area contributed by atoms with Crippen molar-refractivity contribution in [2.24, 2.45) is 0 Å². The fraction of sp³-hybridized carbons (Fsp3) is 0.545. The van der Waals surface area contributed by atoms with Gasteiger partial charge in [0.05, 0.1) is 19.4 Å². The van der Waals surface area contributed by atoms with E-state index < -0.39 is 0 Å². The Morgan fingerprint density at radius 1 is 1.39 bits per heavy atom. The number of likely N-dealkylation sites (N-methyl/N-ethyl adjacent to an activating group) is 1. The summed E-state index contributed by atoms with van der Waals surface area (Å²) in [7, 11) is 3.30. The molecule has 0 radical (unpaired) electrons. The Hall–Kier alpha value is -1.89. The lowest BCUT2D eigenvalue weighted by Gasteiger charge is -2.10. The number of amides is 1. The molecule has 0 aliphatic heterocycles. The van der Waals surface area contributed by atoms with Crippen LogP contribution in [-0.2, 0) is 25.5 Å². The van der Waals surface area contributed by atoms with Crippen molar-refractivity contribution in [3.8, 4) is 0 Å². The van der Waals surface area contributed by atoms with Gasteiger partial charge in [-0.25, -0.2) is 4.98 Å². The highest BCUT2D eigenvalue weighted by atomic mass is 16.6. The normalized spacial score (nSPS) is 10.1. The Labute approximate surface area is 105 Å². The number of imidazole rings is 1. The predicted octanol–water partition coefficient (Wildman–Crippen LogP) is -0.400. The molecule has 1 N–H and O–H groups in total. The summed E-state index contributed by atoms with van der Waals surface area (Å²) in [6.07, 6.45) is 3.21. The molecule has 0 aliphatic carbocycles. The van der Waals surface area contributed by atoms with Crippen molar-refractivity contribution in [3.05, 3.63) is 18.2 Å². The second kappa shape index (κ2) is 7.44. The number of ether oxygens (including phenoxy) is 2. The topological polar surface area (TPSA) is 84.5 Å². The van der Waals surface area contributed by atoms with Crippen molar-refractivity contribution >= 4 is 11.9 Å². The van der Waals surface area contributed by atoms with Gasteiger partial charge in [0.25, 0.3) is 0 Å². The van der Waals surface area contributed by atoms with Crippen molar-refractivity contribution in [1.82, 2.24) is 14.9 Å². The summed E-state index contributed by atoms with van der Waals surface area (Å²) in [5.41, 5.74) is 0.698. The molecule has 0 unspecified atom stereocenters.